The van der Waals surface area contributed by atoms with Crippen molar-refractivity contribution in [1.29, 1.82) is 0 Å². The molecule has 0 fully saturated rings. The Bertz CT molecular complexity index is 701. The molecule has 1 aromatic heterocycles. The molecule has 0 aliphatic rings. The van der Waals surface area contributed by atoms with Crippen molar-refractivity contribution in [2.24, 2.45) is 0 Å². The molecule has 2 rings (SSSR count). The third kappa shape index (κ3) is 3.70. The van der Waals surface area contributed by atoms with Gasteiger partial charge in [0.2, 0.25) is 5.28 Å². The number of nitrogens with zero attached hydrogens (tertiary/aromatic N) is 2. The fourth-order valence-electron chi connectivity index (χ4n) is 1.27. The van der Waals surface area contributed by atoms with Gasteiger partial charge in [-0.15, -0.1) is 0 Å². The molecule has 0 unspecified atom stereocenters. The molecule has 0 saturated heterocycles. The highest BCUT2D eigenvalue weighted by Crippen LogP contribution is 2.23. The Labute approximate surface area is 124 Å². The Morgan fingerprint density at radius 3 is 2.26 bits per heavy atom. The Kier molecular flexibility index (Phi) is 4.15. The highest BCUT2D eigenvalue weighted by molar-refractivity contribution is 7.92. The lowest BCUT2D eigenvalue weighted by Gasteiger charge is -2.08. The molecular formula is C10H6Cl3N3O2S. The van der Waals surface area contributed by atoms with E-state index in [1.807, 2.05) is 0 Å². The molecule has 0 aliphatic carbocycles. The van der Waals surface area contributed by atoms with E-state index in [1.165, 1.54) is 30.5 Å². The number of rotatable bonds is 3. The number of aromatic nitrogens is 2. The van der Waals surface area contributed by atoms with Gasteiger partial charge in [0, 0.05) is 16.2 Å². The van der Waals surface area contributed by atoms with Gasteiger partial charge in [-0.05, 0) is 35.9 Å². The van der Waals surface area contributed by atoms with Gasteiger partial charge < -0.3 is 0 Å². The fourth-order valence-corrected chi connectivity index (χ4v) is 3.15. The van der Waals surface area contributed by atoms with Crippen molar-refractivity contribution in [2.45, 2.75) is 4.90 Å². The smallest absolute Gasteiger partial charge is 0.263 e. The second-order valence-electron chi connectivity index (χ2n) is 3.42. The number of nitrogens with one attached hydrogen (secondary N) is 1. The van der Waals surface area contributed by atoms with Crippen molar-refractivity contribution < 1.29 is 8.42 Å². The van der Waals surface area contributed by atoms with Crippen LogP contribution in [0.5, 0.6) is 0 Å². The van der Waals surface area contributed by atoms with Crippen LogP contribution in [0.4, 0.5) is 5.82 Å². The van der Waals surface area contributed by atoms with E-state index in [0.29, 0.717) is 0 Å². The van der Waals surface area contributed by atoms with E-state index < -0.39 is 10.0 Å². The lowest BCUT2D eigenvalue weighted by Crippen LogP contribution is -2.14. The van der Waals surface area contributed by atoms with Crippen LogP contribution in [0.2, 0.25) is 15.3 Å². The summed E-state index contributed by atoms with van der Waals surface area (Å²) in [6.45, 7) is 0. The molecule has 2 aromatic rings. The number of hydrogen-bond donors (Lipinski definition) is 1. The van der Waals surface area contributed by atoms with Gasteiger partial charge in [0.25, 0.3) is 10.0 Å². The van der Waals surface area contributed by atoms with Gasteiger partial charge in [-0.2, -0.15) is 4.98 Å². The zero-order valence-electron chi connectivity index (χ0n) is 9.14. The van der Waals surface area contributed by atoms with Crippen molar-refractivity contribution in [2.75, 3.05) is 4.72 Å². The van der Waals surface area contributed by atoms with E-state index in [-0.39, 0.29) is 26.0 Å². The summed E-state index contributed by atoms with van der Waals surface area (Å²) in [7, 11) is -3.84. The molecule has 0 bridgehead atoms. The number of hydrogen-bond acceptors (Lipinski definition) is 4. The molecule has 5 nitrogen and oxygen atoms in total. The second-order valence-corrected chi connectivity index (χ2v) is 6.31. The van der Waals surface area contributed by atoms with E-state index in [0.717, 1.165) is 0 Å². The van der Waals surface area contributed by atoms with E-state index in [1.54, 1.807) is 0 Å². The molecule has 0 amide bonds. The maximum Gasteiger partial charge on any atom is 0.263 e. The number of anilines is 1. The Morgan fingerprint density at radius 2 is 1.68 bits per heavy atom. The van der Waals surface area contributed by atoms with Gasteiger partial charge in [0.15, 0.2) is 0 Å². The van der Waals surface area contributed by atoms with Crippen LogP contribution in [0.3, 0.4) is 0 Å². The van der Waals surface area contributed by atoms with Crippen LogP contribution < -0.4 is 4.72 Å². The molecule has 1 heterocycles. The summed E-state index contributed by atoms with van der Waals surface area (Å²) < 4.78 is 26.4. The summed E-state index contributed by atoms with van der Waals surface area (Å²) in [6.07, 6.45) is 1.33. The summed E-state index contributed by atoms with van der Waals surface area (Å²) >= 11 is 17.1. The van der Waals surface area contributed by atoms with Crippen LogP contribution in [-0.4, -0.2) is 18.4 Å². The molecule has 19 heavy (non-hydrogen) atoms. The quantitative estimate of drug-likeness (QED) is 0.872. The van der Waals surface area contributed by atoms with Crippen molar-refractivity contribution in [3.63, 3.8) is 0 Å². The third-order valence-electron chi connectivity index (χ3n) is 2.01. The van der Waals surface area contributed by atoms with Gasteiger partial charge in [-0.1, -0.05) is 23.2 Å². The summed E-state index contributed by atoms with van der Waals surface area (Å²) in [5, 5.41) is 0.367. The summed E-state index contributed by atoms with van der Waals surface area (Å²) in [4.78, 5) is 7.31. The summed E-state index contributed by atoms with van der Waals surface area (Å²) in [6, 6.07) is 5.36. The predicted octanol–water partition coefficient (Wildman–Crippen LogP) is 3.24. The third-order valence-corrected chi connectivity index (χ3v) is 3.96. The van der Waals surface area contributed by atoms with Gasteiger partial charge in [0.1, 0.15) is 5.82 Å². The van der Waals surface area contributed by atoms with Crippen LogP contribution in [0, 0.1) is 0 Å². The maximum absolute atomic E-state index is 12.1. The average molecular weight is 339 g/mol. The van der Waals surface area contributed by atoms with Gasteiger partial charge in [-0.3, -0.25) is 4.72 Å². The molecule has 1 N–H and O–H groups in total. The largest absolute Gasteiger partial charge is 0.263 e. The number of halogens is 3. The number of sulfonamides is 1. The maximum atomic E-state index is 12.1. The predicted molar refractivity (Wildman–Crippen MR) is 74.3 cm³/mol. The van der Waals surface area contributed by atoms with E-state index in [4.69, 9.17) is 34.8 Å². The highest BCUT2D eigenvalue weighted by Gasteiger charge is 2.16. The molecule has 9 heteroatoms. The molecule has 0 radical (unpaired) electrons. The minimum Gasteiger partial charge on any atom is -0.263 e. The second kappa shape index (κ2) is 5.50. The van der Waals surface area contributed by atoms with Crippen molar-refractivity contribution in [3.8, 4) is 0 Å². The van der Waals surface area contributed by atoms with Crippen molar-refractivity contribution in [1.82, 2.24) is 9.97 Å². The van der Waals surface area contributed by atoms with Crippen LogP contribution in [0.1, 0.15) is 0 Å². The molecule has 100 valence electrons. The highest BCUT2D eigenvalue weighted by atomic mass is 35.5. The SMILES string of the molecule is O=S(=O)(Nc1ccnc(Cl)n1)c1cc(Cl)cc(Cl)c1. The first kappa shape index (κ1) is 14.3. The lowest BCUT2D eigenvalue weighted by molar-refractivity contribution is 0.601. The van der Waals surface area contributed by atoms with Crippen LogP contribution in [0.25, 0.3) is 0 Å². The monoisotopic (exact) mass is 337 g/mol. The molecular weight excluding hydrogens is 333 g/mol. The summed E-state index contributed by atoms with van der Waals surface area (Å²) in [5.41, 5.74) is 0. The van der Waals surface area contributed by atoms with Crippen molar-refractivity contribution in [3.05, 3.63) is 45.8 Å². The Hall–Kier alpha value is -1.08. The van der Waals surface area contributed by atoms with Crippen LogP contribution in [-0.2, 0) is 10.0 Å². The lowest BCUT2D eigenvalue weighted by atomic mass is 10.4. The normalized spacial score (nSPS) is 11.3. The van der Waals surface area contributed by atoms with Gasteiger partial charge in [0.05, 0.1) is 4.90 Å². The standard InChI is InChI=1S/C10H6Cl3N3O2S/c11-6-3-7(12)5-8(4-6)19(17,18)16-9-1-2-14-10(13)15-9/h1-5H,(H,14,15,16). The molecule has 1 aromatic carbocycles. The van der Waals surface area contributed by atoms with Gasteiger partial charge >= 0.3 is 0 Å². The topological polar surface area (TPSA) is 72.0 Å². The minimum absolute atomic E-state index is 0.0519. The summed E-state index contributed by atoms with van der Waals surface area (Å²) in [5.74, 6) is 0.0519. The first-order chi connectivity index (χ1) is 8.87. The van der Waals surface area contributed by atoms with E-state index in [9.17, 15) is 8.42 Å². The molecule has 0 atom stereocenters. The molecule has 0 saturated carbocycles. The minimum atomic E-state index is -3.84. The molecule has 0 spiro atoms. The van der Waals surface area contributed by atoms with Crippen LogP contribution >= 0.6 is 34.8 Å². The van der Waals surface area contributed by atoms with E-state index in [2.05, 4.69) is 14.7 Å². The first-order valence-electron chi connectivity index (χ1n) is 4.84. The average Bonchev–Trinajstić information content (AvgIpc) is 2.26. The van der Waals surface area contributed by atoms with Gasteiger partial charge in [-0.25, -0.2) is 13.4 Å². The number of benzene rings is 1. The van der Waals surface area contributed by atoms with Crippen LogP contribution in [0.15, 0.2) is 35.4 Å². The Morgan fingerprint density at radius 1 is 1.05 bits per heavy atom. The fraction of sp³-hybridized carbons (Fsp3) is 0. The zero-order chi connectivity index (χ0) is 14.0. The first-order valence-corrected chi connectivity index (χ1v) is 7.46. The van der Waals surface area contributed by atoms with Crippen molar-refractivity contribution >= 4 is 50.6 Å². The zero-order valence-corrected chi connectivity index (χ0v) is 12.2. The Balaban J connectivity index is 2.37. The van der Waals surface area contributed by atoms with E-state index >= 15 is 0 Å². The molecule has 0 aliphatic heterocycles.